The summed E-state index contributed by atoms with van der Waals surface area (Å²) < 4.78 is 4.97. The molecule has 26 heavy (non-hydrogen) atoms. The number of ether oxygens (including phenoxy) is 1. The van der Waals surface area contributed by atoms with Crippen molar-refractivity contribution in [3.63, 3.8) is 0 Å². The molecule has 0 atom stereocenters. The van der Waals surface area contributed by atoms with Gasteiger partial charge >= 0.3 is 5.97 Å². The van der Waals surface area contributed by atoms with E-state index < -0.39 is 5.97 Å². The first-order valence-electron chi connectivity index (χ1n) is 8.00. The number of nitrogens with one attached hydrogen (secondary N) is 1. The highest BCUT2D eigenvalue weighted by atomic mass is 35.5. The van der Waals surface area contributed by atoms with Gasteiger partial charge in [-0.25, -0.2) is 0 Å². The van der Waals surface area contributed by atoms with Crippen molar-refractivity contribution in [3.05, 3.63) is 63.6 Å². The van der Waals surface area contributed by atoms with Crippen LogP contribution in [0.15, 0.2) is 47.4 Å². The average Bonchev–Trinajstić information content (AvgIpc) is 2.61. The number of aryl methyl sites for hydroxylation is 1. The summed E-state index contributed by atoms with van der Waals surface area (Å²) in [5, 5.41) is 3.61. The van der Waals surface area contributed by atoms with E-state index in [4.69, 9.17) is 27.9 Å². The topological polar surface area (TPSA) is 55.4 Å². The maximum Gasteiger partial charge on any atom is 0.310 e. The molecular formula is C19H19Cl2NO3S. The first-order chi connectivity index (χ1) is 12.4. The van der Waals surface area contributed by atoms with Gasteiger partial charge in [0.05, 0.1) is 6.42 Å². The molecule has 0 radical (unpaired) electrons. The number of carbonyl (C=O) groups is 2. The average molecular weight is 412 g/mol. The molecule has 138 valence electrons. The van der Waals surface area contributed by atoms with Crippen molar-refractivity contribution in [2.45, 2.75) is 18.2 Å². The lowest BCUT2D eigenvalue weighted by molar-refractivity contribution is -0.147. The lowest BCUT2D eigenvalue weighted by Crippen LogP contribution is -2.30. The van der Waals surface area contributed by atoms with E-state index >= 15 is 0 Å². The summed E-state index contributed by atoms with van der Waals surface area (Å²) in [6.45, 7) is 2.23. The van der Waals surface area contributed by atoms with Crippen LogP contribution in [0, 0.1) is 6.92 Å². The maximum absolute atomic E-state index is 11.8. The standard InChI is InChI=1S/C19H19Cl2NO3S/c1-13-2-6-16(7-3-13)26-9-8-22-18(23)12-25-19(24)10-14-4-5-15(20)11-17(14)21/h2-7,11H,8-10,12H2,1H3,(H,22,23). The van der Waals surface area contributed by atoms with Gasteiger partial charge in [-0.05, 0) is 36.8 Å². The number of hydrogen-bond acceptors (Lipinski definition) is 4. The molecule has 0 saturated heterocycles. The first kappa shape index (κ1) is 20.6. The normalized spacial score (nSPS) is 10.4. The molecule has 0 aromatic heterocycles. The Hall–Kier alpha value is -1.69. The van der Waals surface area contributed by atoms with Gasteiger partial charge in [0.2, 0.25) is 0 Å². The van der Waals surface area contributed by atoms with Crippen molar-refractivity contribution in [3.8, 4) is 0 Å². The SMILES string of the molecule is Cc1ccc(SCCNC(=O)COC(=O)Cc2ccc(Cl)cc2Cl)cc1. The van der Waals surface area contributed by atoms with E-state index in [1.807, 2.05) is 31.2 Å². The second-order valence-corrected chi connectivity index (χ2v) is 7.60. The summed E-state index contributed by atoms with van der Waals surface area (Å²) in [5.74, 6) is -0.105. The van der Waals surface area contributed by atoms with Gasteiger partial charge in [-0.15, -0.1) is 11.8 Å². The molecule has 1 N–H and O–H groups in total. The predicted molar refractivity (Wildman–Crippen MR) is 106 cm³/mol. The molecule has 0 unspecified atom stereocenters. The molecule has 2 aromatic carbocycles. The fraction of sp³-hybridized carbons (Fsp3) is 0.263. The minimum Gasteiger partial charge on any atom is -0.455 e. The number of halogens is 2. The Labute approximate surface area is 167 Å². The van der Waals surface area contributed by atoms with Crippen molar-refractivity contribution >= 4 is 46.8 Å². The van der Waals surface area contributed by atoms with Crippen LogP contribution in [-0.4, -0.2) is 30.8 Å². The van der Waals surface area contributed by atoms with Gasteiger partial charge in [0.1, 0.15) is 0 Å². The summed E-state index contributed by atoms with van der Waals surface area (Å²) in [6.07, 6.45) is -0.00738. The Morgan fingerprint density at radius 3 is 2.54 bits per heavy atom. The number of carbonyl (C=O) groups excluding carboxylic acids is 2. The molecule has 0 fully saturated rings. The highest BCUT2D eigenvalue weighted by molar-refractivity contribution is 7.99. The van der Waals surface area contributed by atoms with Crippen molar-refractivity contribution in [2.24, 2.45) is 0 Å². The third kappa shape index (κ3) is 7.28. The van der Waals surface area contributed by atoms with E-state index in [2.05, 4.69) is 5.32 Å². The van der Waals surface area contributed by atoms with Crippen LogP contribution in [0.25, 0.3) is 0 Å². The quantitative estimate of drug-likeness (QED) is 0.399. The zero-order valence-electron chi connectivity index (χ0n) is 14.3. The second-order valence-electron chi connectivity index (χ2n) is 5.58. The van der Waals surface area contributed by atoms with Gasteiger partial charge in [0.25, 0.3) is 5.91 Å². The zero-order chi connectivity index (χ0) is 18.9. The van der Waals surface area contributed by atoms with E-state index in [1.165, 1.54) is 5.56 Å². The molecule has 0 saturated carbocycles. The van der Waals surface area contributed by atoms with E-state index in [-0.39, 0.29) is 18.9 Å². The summed E-state index contributed by atoms with van der Waals surface area (Å²) in [5.41, 5.74) is 1.82. The molecule has 0 aliphatic heterocycles. The monoisotopic (exact) mass is 411 g/mol. The lowest BCUT2D eigenvalue weighted by Gasteiger charge is -2.08. The number of esters is 1. The fourth-order valence-corrected chi connectivity index (χ4v) is 3.31. The van der Waals surface area contributed by atoms with E-state index in [0.717, 1.165) is 10.6 Å². The summed E-state index contributed by atoms with van der Waals surface area (Å²) >= 11 is 13.5. The molecule has 0 spiro atoms. The molecule has 1 amide bonds. The van der Waals surface area contributed by atoms with Crippen molar-refractivity contribution in [2.75, 3.05) is 18.9 Å². The molecule has 7 heteroatoms. The smallest absolute Gasteiger partial charge is 0.310 e. The van der Waals surface area contributed by atoms with Crippen molar-refractivity contribution < 1.29 is 14.3 Å². The third-order valence-corrected chi connectivity index (χ3v) is 5.03. The number of thioether (sulfide) groups is 1. The van der Waals surface area contributed by atoms with Crippen LogP contribution in [-0.2, 0) is 20.7 Å². The molecule has 0 bridgehead atoms. The van der Waals surface area contributed by atoms with Gasteiger partial charge in [0.15, 0.2) is 6.61 Å². The van der Waals surface area contributed by atoms with Gasteiger partial charge in [0, 0.05) is 27.2 Å². The minimum absolute atomic E-state index is 0.00738. The Morgan fingerprint density at radius 1 is 1.12 bits per heavy atom. The fourth-order valence-electron chi connectivity index (χ4n) is 2.06. The summed E-state index contributed by atoms with van der Waals surface area (Å²) in [7, 11) is 0. The van der Waals surface area contributed by atoms with Crippen LogP contribution in [0.1, 0.15) is 11.1 Å². The van der Waals surface area contributed by atoms with Crippen LogP contribution in [0.5, 0.6) is 0 Å². The Morgan fingerprint density at radius 2 is 1.85 bits per heavy atom. The van der Waals surface area contributed by atoms with Gasteiger partial charge in [-0.1, -0.05) is 47.0 Å². The van der Waals surface area contributed by atoms with E-state index in [9.17, 15) is 9.59 Å². The second kappa shape index (κ2) is 10.5. The van der Waals surface area contributed by atoms with Crippen LogP contribution in [0.3, 0.4) is 0 Å². The zero-order valence-corrected chi connectivity index (χ0v) is 16.6. The van der Waals surface area contributed by atoms with Crippen LogP contribution < -0.4 is 5.32 Å². The van der Waals surface area contributed by atoms with Crippen LogP contribution in [0.2, 0.25) is 10.0 Å². The Kier molecular flexibility index (Phi) is 8.29. The number of rotatable bonds is 8. The molecule has 0 heterocycles. The first-order valence-corrected chi connectivity index (χ1v) is 9.74. The maximum atomic E-state index is 11.8. The van der Waals surface area contributed by atoms with E-state index in [0.29, 0.717) is 22.2 Å². The van der Waals surface area contributed by atoms with Crippen molar-refractivity contribution in [1.82, 2.24) is 5.32 Å². The van der Waals surface area contributed by atoms with Crippen LogP contribution >= 0.6 is 35.0 Å². The number of hydrogen-bond donors (Lipinski definition) is 1. The molecule has 2 rings (SSSR count). The predicted octanol–water partition coefficient (Wildman–Crippen LogP) is 4.30. The third-order valence-electron chi connectivity index (χ3n) is 3.43. The highest BCUT2D eigenvalue weighted by Gasteiger charge is 2.11. The van der Waals surface area contributed by atoms with Gasteiger partial charge < -0.3 is 10.1 Å². The van der Waals surface area contributed by atoms with Gasteiger partial charge in [-0.2, -0.15) is 0 Å². The summed E-state index contributed by atoms with van der Waals surface area (Å²) in [6, 6.07) is 13.1. The number of benzene rings is 2. The Bertz CT molecular complexity index is 766. The summed E-state index contributed by atoms with van der Waals surface area (Å²) in [4.78, 5) is 24.7. The molecule has 0 aliphatic carbocycles. The van der Waals surface area contributed by atoms with Gasteiger partial charge in [-0.3, -0.25) is 9.59 Å². The molecular weight excluding hydrogens is 393 g/mol. The molecule has 2 aromatic rings. The largest absolute Gasteiger partial charge is 0.455 e. The van der Waals surface area contributed by atoms with E-state index in [1.54, 1.807) is 30.0 Å². The minimum atomic E-state index is -0.515. The Balaban J connectivity index is 1.63. The lowest BCUT2D eigenvalue weighted by atomic mass is 10.1. The number of amides is 1. The highest BCUT2D eigenvalue weighted by Crippen LogP contribution is 2.21. The van der Waals surface area contributed by atoms with Crippen molar-refractivity contribution in [1.29, 1.82) is 0 Å². The van der Waals surface area contributed by atoms with Crippen LogP contribution in [0.4, 0.5) is 0 Å². The molecule has 0 aliphatic rings. The molecule has 4 nitrogen and oxygen atoms in total.